The molecule has 2 aliphatic heterocycles. The van der Waals surface area contributed by atoms with E-state index in [1.54, 1.807) is 27.7 Å². The molecule has 0 unspecified atom stereocenters. The molecule has 0 aliphatic carbocycles. The number of ether oxygens (including phenoxy) is 4. The fourth-order valence-corrected chi connectivity index (χ4v) is 7.77. The van der Waals surface area contributed by atoms with Crippen LogP contribution in [-0.4, -0.2) is 51.1 Å². The summed E-state index contributed by atoms with van der Waals surface area (Å²) in [6.45, 7) is 9.75. The van der Waals surface area contributed by atoms with E-state index in [0.29, 0.717) is 39.4 Å². The molecule has 0 spiro atoms. The molecule has 0 N–H and O–H groups in total. The van der Waals surface area contributed by atoms with E-state index in [1.807, 2.05) is 0 Å². The van der Waals surface area contributed by atoms with Crippen molar-refractivity contribution in [2.45, 2.75) is 109 Å². The molecule has 1 aromatic carbocycles. The van der Waals surface area contributed by atoms with Crippen LogP contribution in [0.25, 0.3) is 21.0 Å². The Morgan fingerprint density at radius 1 is 1.15 bits per heavy atom. The number of carbonyl (C=O) groups excluding carboxylic acids is 1. The fourth-order valence-electron chi connectivity index (χ4n) is 6.52. The van der Waals surface area contributed by atoms with Crippen LogP contribution >= 0.6 is 11.3 Å². The van der Waals surface area contributed by atoms with Gasteiger partial charge in [-0.05, 0) is 91.0 Å². The van der Waals surface area contributed by atoms with E-state index in [0.717, 1.165) is 17.4 Å². The number of nitrogens with zero attached hydrogens (tertiary/aromatic N) is 3. The number of aromatic nitrogens is 3. The molecule has 2 fully saturated rings. The van der Waals surface area contributed by atoms with Crippen molar-refractivity contribution < 1.29 is 32.5 Å². The minimum absolute atomic E-state index is 0.0723. The van der Waals surface area contributed by atoms with E-state index in [-0.39, 0.29) is 36.1 Å². The first-order chi connectivity index (χ1) is 22.2. The number of rotatable bonds is 9. The molecule has 13 heteroatoms. The van der Waals surface area contributed by atoms with Crippen molar-refractivity contribution in [1.29, 1.82) is 0 Å². The molecule has 0 amide bonds. The van der Waals surface area contributed by atoms with Gasteiger partial charge in [0.05, 0.1) is 48.4 Å². The van der Waals surface area contributed by atoms with Crippen LogP contribution in [-0.2, 0) is 31.1 Å². The second-order valence-electron chi connectivity index (χ2n) is 13.7. The molecule has 5 heterocycles. The normalized spacial score (nSPS) is 20.5. The highest BCUT2D eigenvalue weighted by Crippen LogP contribution is 2.40. The van der Waals surface area contributed by atoms with Gasteiger partial charge in [-0.1, -0.05) is 0 Å². The predicted octanol–water partition coefficient (Wildman–Crippen LogP) is 5.88. The van der Waals surface area contributed by atoms with Crippen molar-refractivity contribution in [2.75, 3.05) is 7.11 Å². The number of aryl methyl sites for hydroxylation is 1. The monoisotopic (exact) mass is 669 g/mol. The maximum absolute atomic E-state index is 14.8. The third kappa shape index (κ3) is 6.28. The van der Waals surface area contributed by atoms with Crippen LogP contribution in [0.3, 0.4) is 0 Å². The summed E-state index contributed by atoms with van der Waals surface area (Å²) in [6, 6.07) is 4.17. The molecule has 0 saturated carbocycles. The van der Waals surface area contributed by atoms with Crippen LogP contribution in [0.15, 0.2) is 44.7 Å². The van der Waals surface area contributed by atoms with Gasteiger partial charge >= 0.3 is 11.7 Å². The van der Waals surface area contributed by atoms with E-state index in [4.69, 9.17) is 23.4 Å². The first-order valence-corrected chi connectivity index (χ1v) is 16.6. The number of hydrogen-bond donors (Lipinski definition) is 0. The summed E-state index contributed by atoms with van der Waals surface area (Å²) in [5.74, 6) is -0.556. The fraction of sp³-hybridized carbons (Fsp3) is 0.529. The van der Waals surface area contributed by atoms with Crippen molar-refractivity contribution in [2.24, 2.45) is 0 Å². The number of esters is 1. The second kappa shape index (κ2) is 12.3. The lowest BCUT2D eigenvalue weighted by Crippen LogP contribution is -2.54. The van der Waals surface area contributed by atoms with Crippen molar-refractivity contribution in [3.05, 3.63) is 68.4 Å². The smallest absolute Gasteiger partial charge is 0.333 e. The average Bonchev–Trinajstić information content (AvgIpc) is 3.72. The molecule has 11 nitrogen and oxygen atoms in total. The Kier molecular flexibility index (Phi) is 8.69. The van der Waals surface area contributed by atoms with Gasteiger partial charge in [-0.2, -0.15) is 0 Å². The zero-order valence-corrected chi connectivity index (χ0v) is 28.4. The summed E-state index contributed by atoms with van der Waals surface area (Å²) in [6.07, 6.45) is 5.19. The van der Waals surface area contributed by atoms with Crippen LogP contribution in [0.1, 0.15) is 77.5 Å². The third-order valence-corrected chi connectivity index (χ3v) is 10.1. The van der Waals surface area contributed by atoms with Gasteiger partial charge in [0.15, 0.2) is 0 Å². The Labute approximate surface area is 275 Å². The molecule has 0 radical (unpaired) electrons. The Balaban J connectivity index is 1.56. The maximum atomic E-state index is 14.8. The molecule has 6 rings (SSSR count). The van der Waals surface area contributed by atoms with E-state index in [1.165, 1.54) is 67.5 Å². The Hall–Kier alpha value is -3.81. The van der Waals surface area contributed by atoms with Crippen LogP contribution in [0.2, 0.25) is 0 Å². The van der Waals surface area contributed by atoms with E-state index in [2.05, 4.69) is 4.98 Å². The summed E-state index contributed by atoms with van der Waals surface area (Å²) < 4.78 is 46.9. The molecule has 2 bridgehead atoms. The number of thiophene rings is 1. The summed E-state index contributed by atoms with van der Waals surface area (Å²) >= 11 is 1.18. The molecule has 47 heavy (non-hydrogen) atoms. The number of benzene rings is 1. The quantitative estimate of drug-likeness (QED) is 0.201. The van der Waals surface area contributed by atoms with Gasteiger partial charge in [0.2, 0.25) is 5.89 Å². The summed E-state index contributed by atoms with van der Waals surface area (Å²) in [7, 11) is 1.49. The largest absolute Gasteiger partial charge is 0.496 e. The lowest BCUT2D eigenvalue weighted by molar-refractivity contribution is -0.164. The third-order valence-electron chi connectivity index (χ3n) is 8.79. The molecule has 3 aromatic heterocycles. The number of oxazole rings is 1. The molecule has 2 saturated heterocycles. The highest BCUT2D eigenvalue weighted by Gasteiger charge is 2.40. The number of carbonyl (C=O) groups is 1. The van der Waals surface area contributed by atoms with Crippen LogP contribution in [0.4, 0.5) is 4.39 Å². The summed E-state index contributed by atoms with van der Waals surface area (Å²) in [4.78, 5) is 47.7. The van der Waals surface area contributed by atoms with Crippen molar-refractivity contribution in [3.63, 3.8) is 0 Å². The number of fused-ring (bicyclic) bond motifs is 3. The van der Waals surface area contributed by atoms with Gasteiger partial charge in [-0.3, -0.25) is 9.36 Å². The molecule has 3 atom stereocenters. The lowest BCUT2D eigenvalue weighted by atomic mass is 10.0. The van der Waals surface area contributed by atoms with Crippen molar-refractivity contribution in [1.82, 2.24) is 14.1 Å². The zero-order chi connectivity index (χ0) is 33.8. The zero-order valence-electron chi connectivity index (χ0n) is 27.6. The molecule has 2 aliphatic rings. The second-order valence-corrected chi connectivity index (χ2v) is 14.7. The van der Waals surface area contributed by atoms with E-state index >= 15 is 0 Å². The number of methoxy groups -OCH3 is 1. The summed E-state index contributed by atoms with van der Waals surface area (Å²) in [5, 5.41) is 0.230. The first kappa shape index (κ1) is 33.1. The van der Waals surface area contributed by atoms with Gasteiger partial charge in [-0.15, -0.1) is 11.3 Å². The van der Waals surface area contributed by atoms with Gasteiger partial charge in [0.25, 0.3) is 5.56 Å². The lowest BCUT2D eigenvalue weighted by Gasteiger charge is -2.33. The standard InChI is InChI=1S/C34H40FN3O8S/c1-18-26-29(39)38(34(5,6)31(40)46-33(2,3)4)32(41)37(30(26)47-27(18)28-36-12-13-43-28)17-25(23-14-19(35)8-11-24(23)42-7)45-22-15-20-9-10-21(16-22)44-20/h8,11-14,20-22,25H,9-10,15-17H2,1-7H3/t20-,21-,25+/m1/s1. The van der Waals surface area contributed by atoms with E-state index < -0.39 is 40.3 Å². The highest BCUT2D eigenvalue weighted by molar-refractivity contribution is 7.22. The molecular formula is C34H40FN3O8S. The predicted molar refractivity (Wildman–Crippen MR) is 173 cm³/mol. The SMILES string of the molecule is COc1ccc(F)cc1[C@H](Cn1c(=O)n(C(C)(C)C(=O)OC(C)(C)C)c(=O)c2c(C)c(-c3ncco3)sc21)OC1C[C@H]2CC[C@H](C1)O2. The van der Waals surface area contributed by atoms with Crippen molar-refractivity contribution >= 4 is 27.5 Å². The number of hydrogen-bond acceptors (Lipinski definition) is 10. The summed E-state index contributed by atoms with van der Waals surface area (Å²) in [5.41, 5.74) is -2.99. The first-order valence-electron chi connectivity index (χ1n) is 15.7. The molecule has 252 valence electrons. The van der Waals surface area contributed by atoms with Crippen LogP contribution in [0, 0.1) is 12.7 Å². The van der Waals surface area contributed by atoms with Crippen LogP contribution < -0.4 is 16.0 Å². The van der Waals surface area contributed by atoms with Gasteiger partial charge in [0.1, 0.15) is 39.9 Å². The van der Waals surface area contributed by atoms with Gasteiger partial charge < -0.3 is 23.4 Å². The Bertz CT molecular complexity index is 1910. The Morgan fingerprint density at radius 2 is 1.85 bits per heavy atom. The van der Waals surface area contributed by atoms with Crippen LogP contribution in [0.5, 0.6) is 5.75 Å². The molecule has 4 aromatic rings. The van der Waals surface area contributed by atoms with E-state index in [9.17, 15) is 18.8 Å². The minimum Gasteiger partial charge on any atom is -0.496 e. The van der Waals surface area contributed by atoms with Crippen molar-refractivity contribution in [3.8, 4) is 16.5 Å². The number of halogens is 1. The minimum atomic E-state index is -1.69. The maximum Gasteiger partial charge on any atom is 0.333 e. The molecular weight excluding hydrogens is 629 g/mol. The van der Waals surface area contributed by atoms with Gasteiger partial charge in [-0.25, -0.2) is 23.5 Å². The Morgan fingerprint density at radius 3 is 2.47 bits per heavy atom. The highest BCUT2D eigenvalue weighted by atomic mass is 32.1. The average molecular weight is 670 g/mol. The topological polar surface area (TPSA) is 124 Å². The van der Waals surface area contributed by atoms with Gasteiger partial charge in [0, 0.05) is 5.56 Å².